The average molecular weight is 365 g/mol. The Balaban J connectivity index is 0.00000243. The Morgan fingerprint density at radius 1 is 1.27 bits per heavy atom. The molecule has 1 atom stereocenters. The lowest BCUT2D eigenvalue weighted by atomic mass is 9.99. The molecule has 140 valence electrons. The number of rotatable bonds is 4. The third-order valence-corrected chi connectivity index (χ3v) is 4.26. The molecular formula is C18H21F2N3O3. The molecular weight excluding hydrogens is 344 g/mol. The molecule has 0 spiro atoms. The van der Waals surface area contributed by atoms with Gasteiger partial charge >= 0.3 is 0 Å². The van der Waals surface area contributed by atoms with Gasteiger partial charge in [0.15, 0.2) is 17.3 Å². The monoisotopic (exact) mass is 365 g/mol. The van der Waals surface area contributed by atoms with Crippen molar-refractivity contribution in [2.24, 2.45) is 5.92 Å². The molecule has 0 unspecified atom stereocenters. The highest BCUT2D eigenvalue weighted by Gasteiger charge is 2.32. The largest absolute Gasteiger partial charge is 0.451 e. The Bertz CT molecular complexity index is 787. The van der Waals surface area contributed by atoms with Crippen molar-refractivity contribution in [1.29, 1.82) is 0 Å². The number of nitro benzene ring substituents is 1. The molecule has 0 aliphatic carbocycles. The minimum Gasteiger partial charge on any atom is -0.451 e. The number of nitro groups is 1. The van der Waals surface area contributed by atoms with E-state index >= 15 is 4.39 Å². The van der Waals surface area contributed by atoms with Gasteiger partial charge in [-0.3, -0.25) is 10.1 Å². The zero-order chi connectivity index (χ0) is 18.0. The summed E-state index contributed by atoms with van der Waals surface area (Å²) in [6.07, 6.45) is 1.77. The fourth-order valence-corrected chi connectivity index (χ4v) is 3.11. The minimum absolute atomic E-state index is 0. The molecule has 26 heavy (non-hydrogen) atoms. The Kier molecular flexibility index (Phi) is 6.10. The van der Waals surface area contributed by atoms with Crippen molar-refractivity contribution in [1.82, 2.24) is 6.15 Å². The molecule has 1 fully saturated rings. The Labute approximate surface area is 150 Å². The molecule has 6 nitrogen and oxygen atoms in total. The Morgan fingerprint density at radius 2 is 1.96 bits per heavy atom. The number of nitrogens with zero attached hydrogens (tertiary/aromatic N) is 2. The zero-order valence-corrected chi connectivity index (χ0v) is 14.5. The topological polar surface area (TPSA) is 90.6 Å². The number of benzene rings is 2. The maximum Gasteiger partial charge on any atom is 0.298 e. The van der Waals surface area contributed by atoms with E-state index in [1.807, 2.05) is 6.92 Å². The average Bonchev–Trinajstić information content (AvgIpc) is 2.59. The first-order chi connectivity index (χ1) is 12.0. The van der Waals surface area contributed by atoms with E-state index in [-0.39, 0.29) is 23.5 Å². The van der Waals surface area contributed by atoms with Crippen LogP contribution in [0.5, 0.6) is 11.5 Å². The van der Waals surface area contributed by atoms with Gasteiger partial charge in [0, 0.05) is 13.1 Å². The summed E-state index contributed by atoms with van der Waals surface area (Å²) in [5.41, 5.74) is -0.784. The van der Waals surface area contributed by atoms with Crippen LogP contribution in [-0.4, -0.2) is 18.0 Å². The van der Waals surface area contributed by atoms with Crippen LogP contribution in [0, 0.1) is 27.7 Å². The van der Waals surface area contributed by atoms with E-state index in [4.69, 9.17) is 4.74 Å². The molecule has 8 heteroatoms. The van der Waals surface area contributed by atoms with Gasteiger partial charge in [0.2, 0.25) is 5.75 Å². The lowest BCUT2D eigenvalue weighted by molar-refractivity contribution is -0.384. The summed E-state index contributed by atoms with van der Waals surface area (Å²) < 4.78 is 34.7. The first kappa shape index (κ1) is 19.6. The Hall–Kier alpha value is -2.74. The molecule has 1 saturated heterocycles. The summed E-state index contributed by atoms with van der Waals surface area (Å²) >= 11 is 0. The van der Waals surface area contributed by atoms with Crippen LogP contribution in [0.3, 0.4) is 0 Å². The molecule has 0 radical (unpaired) electrons. The number of para-hydroxylation sites is 1. The quantitative estimate of drug-likeness (QED) is 0.604. The van der Waals surface area contributed by atoms with E-state index in [2.05, 4.69) is 0 Å². The number of hydrogen-bond acceptors (Lipinski definition) is 5. The van der Waals surface area contributed by atoms with Crippen molar-refractivity contribution < 1.29 is 18.4 Å². The van der Waals surface area contributed by atoms with E-state index < -0.39 is 28.0 Å². The summed E-state index contributed by atoms with van der Waals surface area (Å²) in [4.78, 5) is 12.2. The maximum atomic E-state index is 15.0. The van der Waals surface area contributed by atoms with Crippen LogP contribution < -0.4 is 15.8 Å². The van der Waals surface area contributed by atoms with Gasteiger partial charge in [-0.15, -0.1) is 0 Å². The van der Waals surface area contributed by atoms with E-state index in [0.29, 0.717) is 13.1 Å². The van der Waals surface area contributed by atoms with Crippen molar-refractivity contribution >= 4 is 11.4 Å². The van der Waals surface area contributed by atoms with Crippen LogP contribution in [0.2, 0.25) is 0 Å². The summed E-state index contributed by atoms with van der Waals surface area (Å²) in [5.74, 6) is -2.22. The second-order valence-electron chi connectivity index (χ2n) is 6.23. The van der Waals surface area contributed by atoms with Gasteiger partial charge in [-0.2, -0.15) is 0 Å². The second kappa shape index (κ2) is 8.09. The van der Waals surface area contributed by atoms with Crippen LogP contribution in [-0.2, 0) is 0 Å². The van der Waals surface area contributed by atoms with E-state index in [9.17, 15) is 14.5 Å². The van der Waals surface area contributed by atoms with Crippen LogP contribution in [0.4, 0.5) is 20.2 Å². The second-order valence-corrected chi connectivity index (χ2v) is 6.23. The predicted octanol–water partition coefficient (Wildman–Crippen LogP) is 5.06. The van der Waals surface area contributed by atoms with Gasteiger partial charge in [-0.25, -0.2) is 8.78 Å². The third-order valence-electron chi connectivity index (χ3n) is 4.26. The highest BCUT2D eigenvalue weighted by Crippen LogP contribution is 2.41. The highest BCUT2D eigenvalue weighted by molar-refractivity contribution is 5.68. The van der Waals surface area contributed by atoms with Gasteiger partial charge in [0.05, 0.1) is 11.0 Å². The fourth-order valence-electron chi connectivity index (χ4n) is 3.11. The van der Waals surface area contributed by atoms with E-state index in [1.54, 1.807) is 35.2 Å². The lowest BCUT2D eigenvalue weighted by Gasteiger charge is -2.32. The lowest BCUT2D eigenvalue weighted by Crippen LogP contribution is -2.35. The van der Waals surface area contributed by atoms with Gasteiger partial charge in [-0.05, 0) is 30.9 Å². The van der Waals surface area contributed by atoms with E-state index in [0.717, 1.165) is 18.9 Å². The van der Waals surface area contributed by atoms with Crippen LogP contribution in [0.25, 0.3) is 0 Å². The first-order valence-corrected chi connectivity index (χ1v) is 8.11. The molecule has 2 aromatic rings. The van der Waals surface area contributed by atoms with Crippen LogP contribution in [0.1, 0.15) is 19.8 Å². The number of piperidine rings is 1. The van der Waals surface area contributed by atoms with Crippen LogP contribution >= 0.6 is 0 Å². The predicted molar refractivity (Wildman–Crippen MR) is 95.2 cm³/mol. The van der Waals surface area contributed by atoms with Gasteiger partial charge < -0.3 is 15.8 Å². The normalized spacial score (nSPS) is 16.7. The zero-order valence-electron chi connectivity index (χ0n) is 14.5. The van der Waals surface area contributed by atoms with Crippen molar-refractivity contribution in [3.63, 3.8) is 0 Å². The van der Waals surface area contributed by atoms with Crippen molar-refractivity contribution in [3.8, 4) is 11.5 Å². The third kappa shape index (κ3) is 3.91. The van der Waals surface area contributed by atoms with E-state index in [1.165, 1.54) is 0 Å². The Morgan fingerprint density at radius 3 is 2.58 bits per heavy atom. The van der Waals surface area contributed by atoms with Gasteiger partial charge in [0.1, 0.15) is 5.75 Å². The molecule has 3 N–H and O–H groups in total. The van der Waals surface area contributed by atoms with Crippen molar-refractivity contribution in [2.75, 3.05) is 18.0 Å². The SMILES string of the molecule is C[C@H]1CCCN(c2c([N+](=O)[O-])cc(F)c(Oc3ccccc3)c2F)C1.N. The van der Waals surface area contributed by atoms with Crippen molar-refractivity contribution in [2.45, 2.75) is 19.8 Å². The molecule has 1 aliphatic rings. The number of hydrogen-bond donors (Lipinski definition) is 1. The molecule has 1 heterocycles. The number of anilines is 1. The maximum absolute atomic E-state index is 15.0. The minimum atomic E-state index is -1.10. The van der Waals surface area contributed by atoms with Gasteiger partial charge in [0.25, 0.3) is 5.69 Å². The standard InChI is InChI=1S/C18H18F2N2O3.H3N/c1-12-6-5-9-21(11-12)17-15(22(23)24)10-14(19)18(16(17)20)25-13-7-3-2-4-8-13;/h2-4,7-8,10,12H,5-6,9,11H2,1H3;1H3/t12-;/m0./s1. The van der Waals surface area contributed by atoms with Crippen molar-refractivity contribution in [3.05, 3.63) is 58.1 Å². The molecule has 0 bridgehead atoms. The molecule has 2 aromatic carbocycles. The number of halogens is 2. The summed E-state index contributed by atoms with van der Waals surface area (Å²) in [6.45, 7) is 2.97. The highest BCUT2D eigenvalue weighted by atomic mass is 19.1. The molecule has 3 rings (SSSR count). The summed E-state index contributed by atoms with van der Waals surface area (Å²) in [6, 6.07) is 8.94. The summed E-state index contributed by atoms with van der Waals surface area (Å²) in [5, 5.41) is 11.3. The first-order valence-electron chi connectivity index (χ1n) is 8.11. The number of ether oxygens (including phenoxy) is 1. The molecule has 0 aromatic heterocycles. The molecule has 0 saturated carbocycles. The smallest absolute Gasteiger partial charge is 0.298 e. The molecule has 0 amide bonds. The van der Waals surface area contributed by atoms with Crippen LogP contribution in [0.15, 0.2) is 36.4 Å². The molecule has 1 aliphatic heterocycles. The fraction of sp³-hybridized carbons (Fsp3) is 0.333. The van der Waals surface area contributed by atoms with Gasteiger partial charge in [-0.1, -0.05) is 25.1 Å². The summed E-state index contributed by atoms with van der Waals surface area (Å²) in [7, 11) is 0.